The summed E-state index contributed by atoms with van der Waals surface area (Å²) in [5, 5.41) is 11.7. The molecule has 2 rings (SSSR count). The van der Waals surface area contributed by atoms with Crippen molar-refractivity contribution in [1.82, 2.24) is 5.32 Å². The molecule has 0 fully saturated rings. The highest BCUT2D eigenvalue weighted by Gasteiger charge is 2.37. The molecule has 8 heteroatoms. The van der Waals surface area contributed by atoms with Gasteiger partial charge < -0.3 is 24.6 Å². The molecule has 2 N–H and O–H groups in total. The summed E-state index contributed by atoms with van der Waals surface area (Å²) in [4.78, 5) is 35.4. The van der Waals surface area contributed by atoms with Gasteiger partial charge in [0, 0.05) is 11.4 Å². The predicted octanol–water partition coefficient (Wildman–Crippen LogP) is 1.73. The number of nitrogens with one attached hydrogen (secondary N) is 1. The number of methoxy groups -OCH3 is 2. The maximum atomic E-state index is 12.4. The molecule has 144 valence electrons. The number of hydrogen-bond donors (Lipinski definition) is 2. The van der Waals surface area contributed by atoms with Crippen molar-refractivity contribution in [2.45, 2.75) is 19.8 Å². The summed E-state index contributed by atoms with van der Waals surface area (Å²) in [7, 11) is 2.54. The molecule has 0 aliphatic carbocycles. The van der Waals surface area contributed by atoms with Gasteiger partial charge in [-0.1, -0.05) is 12.1 Å². The van der Waals surface area contributed by atoms with Gasteiger partial charge in [0.1, 0.15) is 5.75 Å². The summed E-state index contributed by atoms with van der Waals surface area (Å²) in [6.45, 7) is 2.98. The number of esters is 2. The highest BCUT2D eigenvalue weighted by molar-refractivity contribution is 5.99. The van der Waals surface area contributed by atoms with Crippen molar-refractivity contribution in [3.05, 3.63) is 52.4 Å². The predicted molar refractivity (Wildman–Crippen MR) is 94.9 cm³/mol. The zero-order valence-electron chi connectivity index (χ0n) is 15.5. The Labute approximate surface area is 156 Å². The van der Waals surface area contributed by atoms with Gasteiger partial charge in [0.05, 0.1) is 31.3 Å². The molecule has 1 aromatic carbocycles. The molecule has 27 heavy (non-hydrogen) atoms. The van der Waals surface area contributed by atoms with E-state index in [4.69, 9.17) is 19.3 Å². The quantitative estimate of drug-likeness (QED) is 0.723. The zero-order valence-corrected chi connectivity index (χ0v) is 15.5. The van der Waals surface area contributed by atoms with Crippen molar-refractivity contribution in [2.75, 3.05) is 20.8 Å². The number of benzene rings is 1. The number of carboxylic acids is 1. The van der Waals surface area contributed by atoms with Crippen LogP contribution in [0, 0.1) is 0 Å². The van der Waals surface area contributed by atoms with Crippen LogP contribution in [0.1, 0.15) is 25.3 Å². The highest BCUT2D eigenvalue weighted by Crippen LogP contribution is 2.39. The summed E-state index contributed by atoms with van der Waals surface area (Å²) in [6, 6.07) is 6.49. The van der Waals surface area contributed by atoms with E-state index in [1.807, 2.05) is 0 Å². The number of carboxylic acid groups (broad SMARTS) is 1. The van der Waals surface area contributed by atoms with E-state index in [2.05, 4.69) is 5.32 Å². The van der Waals surface area contributed by atoms with Crippen LogP contribution >= 0.6 is 0 Å². The van der Waals surface area contributed by atoms with Crippen molar-refractivity contribution in [2.24, 2.45) is 0 Å². The molecule has 0 radical (unpaired) electrons. The molecular weight excluding hydrogens is 354 g/mol. The summed E-state index contributed by atoms with van der Waals surface area (Å²) in [6.07, 6.45) is 0. The Balaban J connectivity index is 2.51. The van der Waals surface area contributed by atoms with Crippen LogP contribution < -0.4 is 10.1 Å². The molecule has 0 aromatic heterocycles. The second kappa shape index (κ2) is 8.39. The van der Waals surface area contributed by atoms with Gasteiger partial charge in [0.25, 0.3) is 0 Å². The van der Waals surface area contributed by atoms with E-state index in [0.717, 1.165) is 0 Å². The van der Waals surface area contributed by atoms with Crippen molar-refractivity contribution >= 4 is 17.9 Å². The molecule has 0 saturated heterocycles. The van der Waals surface area contributed by atoms with E-state index in [0.29, 0.717) is 33.9 Å². The molecule has 0 unspecified atom stereocenters. The molecule has 1 aromatic rings. The minimum atomic E-state index is -1.09. The molecule has 0 saturated carbocycles. The standard InChI is InChI=1S/C19H21NO7/c1-10-15(18(23)25-3)17(16(11(2)20-10)19(24)26-4)12-5-7-13(8-6-12)27-9-14(21)22/h5-8,17,20H,9H2,1-4H3,(H,21,22). The van der Waals surface area contributed by atoms with E-state index < -0.39 is 30.4 Å². The molecular formula is C19H21NO7. The first-order valence-electron chi connectivity index (χ1n) is 8.09. The monoisotopic (exact) mass is 375 g/mol. The molecule has 1 aliphatic heterocycles. The van der Waals surface area contributed by atoms with Crippen molar-refractivity contribution in [3.63, 3.8) is 0 Å². The number of dihydropyridines is 1. The molecule has 0 amide bonds. The fourth-order valence-corrected chi connectivity index (χ4v) is 2.99. The lowest BCUT2D eigenvalue weighted by Gasteiger charge is -2.30. The summed E-state index contributed by atoms with van der Waals surface area (Å²) < 4.78 is 14.9. The molecule has 0 bridgehead atoms. The van der Waals surface area contributed by atoms with Crippen molar-refractivity contribution in [3.8, 4) is 5.75 Å². The van der Waals surface area contributed by atoms with Gasteiger partial charge in [-0.2, -0.15) is 0 Å². The van der Waals surface area contributed by atoms with E-state index >= 15 is 0 Å². The Morgan fingerprint density at radius 2 is 1.44 bits per heavy atom. The Kier molecular flexibility index (Phi) is 6.23. The van der Waals surface area contributed by atoms with Crippen LogP contribution in [0.3, 0.4) is 0 Å². The Morgan fingerprint density at radius 1 is 0.963 bits per heavy atom. The van der Waals surface area contributed by atoms with Gasteiger partial charge in [0.15, 0.2) is 6.61 Å². The number of allylic oxidation sites excluding steroid dienone is 2. The highest BCUT2D eigenvalue weighted by atomic mass is 16.5. The van der Waals surface area contributed by atoms with Gasteiger partial charge in [-0.05, 0) is 31.5 Å². The van der Waals surface area contributed by atoms with Crippen LogP contribution in [0.5, 0.6) is 5.75 Å². The Morgan fingerprint density at radius 3 is 1.85 bits per heavy atom. The lowest BCUT2D eigenvalue weighted by molar-refractivity contribution is -0.139. The molecule has 1 aliphatic rings. The first-order valence-corrected chi connectivity index (χ1v) is 8.09. The second-order valence-corrected chi connectivity index (χ2v) is 5.87. The van der Waals surface area contributed by atoms with Crippen LogP contribution in [0.4, 0.5) is 0 Å². The van der Waals surface area contributed by atoms with E-state index in [1.165, 1.54) is 14.2 Å². The van der Waals surface area contributed by atoms with Crippen molar-refractivity contribution < 1.29 is 33.7 Å². The van der Waals surface area contributed by atoms with Gasteiger partial charge in [-0.25, -0.2) is 14.4 Å². The number of rotatable bonds is 6. The zero-order chi connectivity index (χ0) is 20.1. The van der Waals surface area contributed by atoms with Gasteiger partial charge in [-0.15, -0.1) is 0 Å². The Bertz CT molecular complexity index is 783. The van der Waals surface area contributed by atoms with Crippen LogP contribution in [0.2, 0.25) is 0 Å². The minimum absolute atomic E-state index is 0.294. The largest absolute Gasteiger partial charge is 0.482 e. The van der Waals surface area contributed by atoms with Crippen LogP contribution in [-0.2, 0) is 23.9 Å². The van der Waals surface area contributed by atoms with Gasteiger partial charge in [-0.3, -0.25) is 0 Å². The summed E-state index contributed by atoms with van der Waals surface area (Å²) >= 11 is 0. The average Bonchev–Trinajstić information content (AvgIpc) is 2.65. The third-order valence-corrected chi connectivity index (χ3v) is 4.15. The number of ether oxygens (including phenoxy) is 3. The lowest BCUT2D eigenvalue weighted by Crippen LogP contribution is -2.32. The summed E-state index contributed by atoms with van der Waals surface area (Å²) in [5.41, 5.74) is 2.37. The van der Waals surface area contributed by atoms with Crippen LogP contribution in [0.25, 0.3) is 0 Å². The van der Waals surface area contributed by atoms with E-state index in [1.54, 1.807) is 38.1 Å². The number of carbonyl (C=O) groups excluding carboxylic acids is 2. The third kappa shape index (κ3) is 4.28. The molecule has 0 spiro atoms. The van der Waals surface area contributed by atoms with Gasteiger partial charge >= 0.3 is 17.9 Å². The van der Waals surface area contributed by atoms with Crippen LogP contribution in [-0.4, -0.2) is 43.8 Å². The fraction of sp³-hybridized carbons (Fsp3) is 0.316. The Hall–Kier alpha value is -3.29. The SMILES string of the molecule is COC(=O)C1=C(C)NC(C)=C(C(=O)OC)C1c1ccc(OCC(=O)O)cc1. The topological polar surface area (TPSA) is 111 Å². The molecule has 0 atom stereocenters. The third-order valence-electron chi connectivity index (χ3n) is 4.15. The maximum Gasteiger partial charge on any atom is 0.341 e. The fourth-order valence-electron chi connectivity index (χ4n) is 2.99. The number of aliphatic carboxylic acids is 1. The second-order valence-electron chi connectivity index (χ2n) is 5.87. The van der Waals surface area contributed by atoms with Gasteiger partial charge in [0.2, 0.25) is 0 Å². The smallest absolute Gasteiger partial charge is 0.341 e. The maximum absolute atomic E-state index is 12.4. The lowest BCUT2D eigenvalue weighted by atomic mass is 9.80. The van der Waals surface area contributed by atoms with E-state index in [9.17, 15) is 14.4 Å². The first kappa shape index (κ1) is 20.0. The minimum Gasteiger partial charge on any atom is -0.482 e. The first-order chi connectivity index (χ1) is 12.8. The summed E-state index contributed by atoms with van der Waals surface area (Å²) in [5.74, 6) is -2.55. The molecule has 8 nitrogen and oxygen atoms in total. The number of carbonyl (C=O) groups is 3. The van der Waals surface area contributed by atoms with Crippen LogP contribution in [0.15, 0.2) is 46.8 Å². The normalized spacial score (nSPS) is 14.5. The average molecular weight is 375 g/mol. The van der Waals surface area contributed by atoms with Crippen molar-refractivity contribution in [1.29, 1.82) is 0 Å². The van der Waals surface area contributed by atoms with E-state index in [-0.39, 0.29) is 0 Å². The number of hydrogen-bond acceptors (Lipinski definition) is 7. The molecule has 1 heterocycles.